The maximum atomic E-state index is 14.3. The molecule has 1 amide bonds. The van der Waals surface area contributed by atoms with Gasteiger partial charge in [-0.2, -0.15) is 0 Å². The van der Waals surface area contributed by atoms with Crippen LogP contribution in [-0.4, -0.2) is 58.3 Å². The van der Waals surface area contributed by atoms with Gasteiger partial charge in [-0.25, -0.2) is 31.5 Å². The van der Waals surface area contributed by atoms with Gasteiger partial charge in [0.2, 0.25) is 5.82 Å². The van der Waals surface area contributed by atoms with Gasteiger partial charge in [-0.15, -0.1) is 0 Å². The highest BCUT2D eigenvalue weighted by Crippen LogP contribution is 2.26. The maximum Gasteiger partial charge on any atom is 0.335 e. The zero-order valence-electron chi connectivity index (χ0n) is 18.8. The van der Waals surface area contributed by atoms with Gasteiger partial charge in [0.05, 0.1) is 5.56 Å². The maximum absolute atomic E-state index is 14.3. The first kappa shape index (κ1) is 27.1. The molecule has 36 heavy (non-hydrogen) atoms. The van der Waals surface area contributed by atoms with Crippen molar-refractivity contribution in [3.05, 3.63) is 70.0 Å². The Balaban J connectivity index is 1.77. The highest BCUT2D eigenvalue weighted by Gasteiger charge is 2.39. The van der Waals surface area contributed by atoms with Gasteiger partial charge in [0, 0.05) is 25.1 Å². The summed E-state index contributed by atoms with van der Waals surface area (Å²) in [4.78, 5) is 36.4. The van der Waals surface area contributed by atoms with Crippen molar-refractivity contribution in [3.63, 3.8) is 0 Å². The Morgan fingerprint density at radius 1 is 0.944 bits per heavy atom. The molecule has 2 N–H and O–H groups in total. The number of ether oxygens (including phenoxy) is 1. The largest absolute Gasteiger partial charge is 0.480 e. The Bertz CT molecular complexity index is 1130. The quantitative estimate of drug-likeness (QED) is 0.216. The molecule has 2 aromatic rings. The minimum Gasteiger partial charge on any atom is -0.480 e. The molecule has 1 aliphatic rings. The Hall–Kier alpha value is -3.54. The average molecular weight is 515 g/mol. The van der Waals surface area contributed by atoms with Gasteiger partial charge in [-0.05, 0) is 43.4 Å². The summed E-state index contributed by atoms with van der Waals surface area (Å²) in [6, 6.07) is 4.74. The van der Waals surface area contributed by atoms with Crippen molar-refractivity contribution in [2.75, 3.05) is 13.2 Å². The van der Waals surface area contributed by atoms with Crippen molar-refractivity contribution in [2.45, 2.75) is 44.2 Å². The number of hydrogen-bond acceptors (Lipinski definition) is 4. The van der Waals surface area contributed by atoms with Crippen LogP contribution in [-0.2, 0) is 27.2 Å². The fourth-order valence-corrected chi connectivity index (χ4v) is 4.02. The number of amides is 1. The molecule has 2 aromatic carbocycles. The highest BCUT2D eigenvalue weighted by molar-refractivity contribution is 5.88. The van der Waals surface area contributed by atoms with Crippen molar-refractivity contribution in [1.82, 2.24) is 4.90 Å². The summed E-state index contributed by atoms with van der Waals surface area (Å²) in [6.45, 7) is -0.138. The molecule has 0 bridgehead atoms. The Morgan fingerprint density at radius 3 is 2.08 bits per heavy atom. The predicted molar refractivity (Wildman–Crippen MR) is 114 cm³/mol. The van der Waals surface area contributed by atoms with E-state index in [1.54, 1.807) is 12.1 Å². The highest BCUT2D eigenvalue weighted by atomic mass is 19.2. The molecular weight excluding hydrogens is 493 g/mol. The van der Waals surface area contributed by atoms with Crippen molar-refractivity contribution < 1.29 is 51.3 Å². The van der Waals surface area contributed by atoms with Crippen LogP contribution in [0.1, 0.15) is 40.7 Å². The molecular formula is C24H22F5NO6. The number of benzene rings is 2. The lowest BCUT2D eigenvalue weighted by Gasteiger charge is -2.27. The number of carbonyl (C=O) groups excluding carboxylic acids is 1. The molecule has 12 heteroatoms. The SMILES string of the molecule is O=C(O)c1ccc(CCCOC(Cc2c(F)c(F)c(F)c(F)c2F)C(=O)N2CCC[C@H]2C(=O)O)cc1. The van der Waals surface area contributed by atoms with E-state index in [0.29, 0.717) is 12.8 Å². The number of aromatic carboxylic acids is 1. The number of rotatable bonds is 10. The van der Waals surface area contributed by atoms with Crippen molar-refractivity contribution in [2.24, 2.45) is 0 Å². The van der Waals surface area contributed by atoms with E-state index >= 15 is 0 Å². The van der Waals surface area contributed by atoms with E-state index in [1.807, 2.05) is 0 Å². The van der Waals surface area contributed by atoms with Gasteiger partial charge in [-0.1, -0.05) is 12.1 Å². The molecule has 1 fully saturated rings. The first-order valence-electron chi connectivity index (χ1n) is 11.0. The molecule has 1 saturated heterocycles. The summed E-state index contributed by atoms with van der Waals surface area (Å²) < 4.78 is 74.8. The molecule has 0 spiro atoms. The van der Waals surface area contributed by atoms with E-state index in [-0.39, 0.29) is 31.6 Å². The fourth-order valence-electron chi connectivity index (χ4n) is 4.02. The van der Waals surface area contributed by atoms with Crippen LogP contribution in [0, 0.1) is 29.1 Å². The number of nitrogens with zero attached hydrogens (tertiary/aromatic N) is 1. The van der Waals surface area contributed by atoms with Crippen LogP contribution in [0.25, 0.3) is 0 Å². The normalized spacial score (nSPS) is 16.2. The molecule has 3 rings (SSSR count). The summed E-state index contributed by atoms with van der Waals surface area (Å²) in [6.07, 6.45) is -1.58. The number of aliphatic carboxylic acids is 1. The van der Waals surface area contributed by atoms with E-state index in [1.165, 1.54) is 12.1 Å². The van der Waals surface area contributed by atoms with Crippen LogP contribution in [0.3, 0.4) is 0 Å². The summed E-state index contributed by atoms with van der Waals surface area (Å²) in [7, 11) is 0. The summed E-state index contributed by atoms with van der Waals surface area (Å²) in [5, 5.41) is 18.3. The number of aryl methyl sites for hydroxylation is 1. The summed E-state index contributed by atoms with van der Waals surface area (Å²) in [5.74, 6) is -14.2. The second kappa shape index (κ2) is 11.5. The summed E-state index contributed by atoms with van der Waals surface area (Å²) >= 11 is 0. The fraction of sp³-hybridized carbons (Fsp3) is 0.375. The Morgan fingerprint density at radius 2 is 1.53 bits per heavy atom. The second-order valence-corrected chi connectivity index (χ2v) is 8.25. The lowest BCUT2D eigenvalue weighted by atomic mass is 10.0. The molecule has 1 unspecified atom stereocenters. The third kappa shape index (κ3) is 5.81. The van der Waals surface area contributed by atoms with E-state index in [2.05, 4.69) is 0 Å². The number of halogens is 5. The molecule has 2 atom stereocenters. The van der Waals surface area contributed by atoms with Crippen LogP contribution in [0.4, 0.5) is 22.0 Å². The van der Waals surface area contributed by atoms with Crippen LogP contribution in [0.15, 0.2) is 24.3 Å². The van der Waals surface area contributed by atoms with Gasteiger partial charge in [0.1, 0.15) is 12.1 Å². The molecule has 194 valence electrons. The predicted octanol–water partition coefficient (Wildman–Crippen LogP) is 3.72. The second-order valence-electron chi connectivity index (χ2n) is 8.25. The van der Waals surface area contributed by atoms with E-state index in [4.69, 9.17) is 9.84 Å². The Kier molecular flexibility index (Phi) is 8.62. The molecule has 0 radical (unpaired) electrons. The van der Waals surface area contributed by atoms with Crippen molar-refractivity contribution >= 4 is 17.8 Å². The molecule has 1 aliphatic heterocycles. The smallest absolute Gasteiger partial charge is 0.335 e. The monoisotopic (exact) mass is 515 g/mol. The van der Waals surface area contributed by atoms with Gasteiger partial charge in [0.25, 0.3) is 5.91 Å². The van der Waals surface area contributed by atoms with Gasteiger partial charge in [-0.3, -0.25) is 4.79 Å². The number of hydrogen-bond donors (Lipinski definition) is 2. The Labute approximate surface area is 202 Å². The van der Waals surface area contributed by atoms with Gasteiger partial charge < -0.3 is 19.8 Å². The molecule has 0 aliphatic carbocycles. The number of likely N-dealkylation sites (tertiary alicyclic amines) is 1. The molecule has 0 saturated carbocycles. The number of carboxylic acid groups (broad SMARTS) is 2. The third-order valence-corrected chi connectivity index (χ3v) is 5.92. The first-order valence-corrected chi connectivity index (χ1v) is 11.0. The number of carbonyl (C=O) groups is 3. The lowest BCUT2D eigenvalue weighted by molar-refractivity contribution is -0.154. The van der Waals surface area contributed by atoms with E-state index in [0.717, 1.165) is 10.5 Å². The first-order chi connectivity index (χ1) is 17.0. The number of carboxylic acids is 2. The summed E-state index contributed by atoms with van der Waals surface area (Å²) in [5.41, 5.74) is -0.418. The van der Waals surface area contributed by atoms with E-state index < -0.39 is 71.1 Å². The van der Waals surface area contributed by atoms with Crippen LogP contribution in [0.2, 0.25) is 0 Å². The van der Waals surface area contributed by atoms with Crippen molar-refractivity contribution in [1.29, 1.82) is 0 Å². The van der Waals surface area contributed by atoms with Crippen molar-refractivity contribution in [3.8, 4) is 0 Å². The van der Waals surface area contributed by atoms with Gasteiger partial charge >= 0.3 is 11.9 Å². The zero-order chi connectivity index (χ0) is 26.6. The van der Waals surface area contributed by atoms with Crippen LogP contribution >= 0.6 is 0 Å². The molecule has 7 nitrogen and oxygen atoms in total. The average Bonchev–Trinajstić information content (AvgIpc) is 3.36. The lowest BCUT2D eigenvalue weighted by Crippen LogP contribution is -2.47. The third-order valence-electron chi connectivity index (χ3n) is 5.92. The minimum absolute atomic E-state index is 0.0304. The van der Waals surface area contributed by atoms with Gasteiger partial charge in [0.15, 0.2) is 23.3 Å². The molecule has 0 aromatic heterocycles. The van der Waals surface area contributed by atoms with Crippen LogP contribution in [0.5, 0.6) is 0 Å². The zero-order valence-corrected chi connectivity index (χ0v) is 18.8. The topological polar surface area (TPSA) is 104 Å². The van der Waals surface area contributed by atoms with Crippen LogP contribution < -0.4 is 0 Å². The molecule has 1 heterocycles. The minimum atomic E-state index is -2.34. The van der Waals surface area contributed by atoms with E-state index in [9.17, 15) is 41.4 Å². The standard InChI is InChI=1S/C24H22F5NO6/c25-17-14(18(26)20(28)21(29)19(17)27)11-16(22(31)30-9-1-4-15(30)24(34)35)36-10-2-3-12-5-7-13(8-6-12)23(32)33/h5-8,15-16H,1-4,9-11H2,(H,32,33)(H,34,35)/t15-,16?/m0/s1.